The van der Waals surface area contributed by atoms with Crippen LogP contribution in [0.5, 0.6) is 0 Å². The van der Waals surface area contributed by atoms with Crippen LogP contribution in [0.3, 0.4) is 0 Å². The molecule has 2 heterocycles. The highest BCUT2D eigenvalue weighted by atomic mass is 16.3. The third kappa shape index (κ3) is 3.08. The van der Waals surface area contributed by atoms with E-state index in [1.54, 1.807) is 0 Å². The van der Waals surface area contributed by atoms with Crippen molar-refractivity contribution >= 4 is 0 Å². The molecular formula is C14H29NO. The number of allylic oxidation sites excluding steroid dienone is 1. The number of hydrogen-bond donors (Lipinski definition) is 1. The zero-order valence-electron chi connectivity index (χ0n) is 11.7. The lowest BCUT2D eigenvalue weighted by Crippen LogP contribution is -2.41. The molecule has 0 radical (unpaired) electrons. The van der Waals surface area contributed by atoms with Crippen molar-refractivity contribution in [2.75, 3.05) is 19.7 Å². The molecule has 0 saturated carbocycles. The van der Waals surface area contributed by atoms with E-state index in [1.165, 1.54) is 25.0 Å². The highest BCUT2D eigenvalue weighted by Crippen LogP contribution is 2.40. The van der Waals surface area contributed by atoms with Crippen LogP contribution in [0.25, 0.3) is 0 Å². The van der Waals surface area contributed by atoms with E-state index in [0.717, 1.165) is 13.0 Å². The summed E-state index contributed by atoms with van der Waals surface area (Å²) < 4.78 is 0. The Morgan fingerprint density at radius 1 is 1.31 bits per heavy atom. The molecule has 2 saturated heterocycles. The van der Waals surface area contributed by atoms with Crippen molar-refractivity contribution in [3.8, 4) is 0 Å². The third-order valence-corrected chi connectivity index (χ3v) is 3.39. The molecular weight excluding hydrogens is 198 g/mol. The van der Waals surface area contributed by atoms with Gasteiger partial charge in [0.05, 0.1) is 6.61 Å². The largest absolute Gasteiger partial charge is 0.394 e. The van der Waals surface area contributed by atoms with Crippen molar-refractivity contribution in [3.05, 3.63) is 11.6 Å². The van der Waals surface area contributed by atoms with Gasteiger partial charge in [-0.05, 0) is 32.7 Å². The number of aliphatic hydroxyl groups is 1. The Morgan fingerprint density at radius 3 is 2.38 bits per heavy atom. The molecule has 0 amide bonds. The monoisotopic (exact) mass is 227 g/mol. The van der Waals surface area contributed by atoms with Gasteiger partial charge in [0.25, 0.3) is 0 Å². The third-order valence-electron chi connectivity index (χ3n) is 3.39. The smallest absolute Gasteiger partial charge is 0.0618 e. The number of fused-ring (bicyclic) bond motifs is 1. The summed E-state index contributed by atoms with van der Waals surface area (Å²) in [5.74, 6) is 0. The highest BCUT2D eigenvalue weighted by Gasteiger charge is 2.45. The Morgan fingerprint density at radius 2 is 1.94 bits per heavy atom. The summed E-state index contributed by atoms with van der Waals surface area (Å²) in [6, 6.07) is 0. The minimum Gasteiger partial charge on any atom is -0.394 e. The molecule has 0 aromatic heterocycles. The minimum absolute atomic E-state index is 0.141. The van der Waals surface area contributed by atoms with E-state index in [1.807, 2.05) is 27.7 Å². The summed E-state index contributed by atoms with van der Waals surface area (Å²) in [6.45, 7) is 12.7. The van der Waals surface area contributed by atoms with Crippen molar-refractivity contribution < 1.29 is 5.11 Å². The van der Waals surface area contributed by atoms with E-state index in [0.29, 0.717) is 6.61 Å². The summed E-state index contributed by atoms with van der Waals surface area (Å²) in [5, 5.41) is 9.37. The zero-order valence-corrected chi connectivity index (χ0v) is 11.7. The van der Waals surface area contributed by atoms with Crippen LogP contribution in [0.2, 0.25) is 0 Å². The van der Waals surface area contributed by atoms with Gasteiger partial charge in [0.2, 0.25) is 0 Å². The fourth-order valence-electron chi connectivity index (χ4n) is 2.59. The fourth-order valence-corrected chi connectivity index (χ4v) is 2.59. The molecule has 96 valence electrons. The summed E-state index contributed by atoms with van der Waals surface area (Å²) in [6.07, 6.45) is 5.74. The molecule has 2 aliphatic rings. The van der Waals surface area contributed by atoms with Gasteiger partial charge in [-0.1, -0.05) is 39.3 Å². The van der Waals surface area contributed by atoms with Gasteiger partial charge in [0.1, 0.15) is 0 Å². The average molecular weight is 227 g/mol. The van der Waals surface area contributed by atoms with E-state index >= 15 is 0 Å². The Balaban J connectivity index is 0.000000509. The number of rotatable bonds is 1. The molecule has 0 bridgehead atoms. The second-order valence-corrected chi connectivity index (χ2v) is 4.03. The van der Waals surface area contributed by atoms with Crippen LogP contribution in [-0.4, -0.2) is 35.2 Å². The van der Waals surface area contributed by atoms with Gasteiger partial charge in [0.15, 0.2) is 0 Å². The predicted octanol–water partition coefficient (Wildman–Crippen LogP) is 3.22. The van der Waals surface area contributed by atoms with Crippen LogP contribution < -0.4 is 0 Å². The van der Waals surface area contributed by atoms with Gasteiger partial charge in [0, 0.05) is 12.1 Å². The van der Waals surface area contributed by atoms with Crippen molar-refractivity contribution in [2.24, 2.45) is 0 Å². The first kappa shape index (κ1) is 15.7. The molecule has 2 fully saturated rings. The van der Waals surface area contributed by atoms with Crippen LogP contribution in [-0.2, 0) is 0 Å². The van der Waals surface area contributed by atoms with Crippen LogP contribution in [0.4, 0.5) is 0 Å². The molecule has 1 N–H and O–H groups in total. The van der Waals surface area contributed by atoms with Crippen LogP contribution in [0.1, 0.15) is 53.9 Å². The Labute approximate surface area is 101 Å². The standard InChI is InChI=1S/C10H17NO.2C2H6/c1-2-9-6-10(8-12)4-3-5-11(10)7-9;2*1-2/h2,12H,3-8H2,1H3;2*1-2H3/b9-2-;;. The molecule has 1 unspecified atom stereocenters. The first-order valence-corrected chi connectivity index (χ1v) is 6.81. The molecule has 0 spiro atoms. The number of aliphatic hydroxyl groups excluding tert-OH is 1. The summed E-state index contributed by atoms with van der Waals surface area (Å²) in [4.78, 5) is 2.45. The molecule has 2 aliphatic heterocycles. The summed E-state index contributed by atoms with van der Waals surface area (Å²) in [5.41, 5.74) is 1.64. The second-order valence-electron chi connectivity index (χ2n) is 4.03. The highest BCUT2D eigenvalue weighted by molar-refractivity contribution is 5.19. The molecule has 16 heavy (non-hydrogen) atoms. The van der Waals surface area contributed by atoms with Gasteiger partial charge in [-0.2, -0.15) is 0 Å². The minimum atomic E-state index is 0.141. The fraction of sp³-hybridized carbons (Fsp3) is 0.857. The first-order valence-electron chi connectivity index (χ1n) is 6.81. The van der Waals surface area contributed by atoms with Crippen LogP contribution >= 0.6 is 0 Å². The van der Waals surface area contributed by atoms with Crippen molar-refractivity contribution in [1.29, 1.82) is 0 Å². The molecule has 0 aromatic rings. The van der Waals surface area contributed by atoms with E-state index < -0.39 is 0 Å². The van der Waals surface area contributed by atoms with Crippen molar-refractivity contribution in [3.63, 3.8) is 0 Å². The normalized spacial score (nSPS) is 30.2. The summed E-state index contributed by atoms with van der Waals surface area (Å²) >= 11 is 0. The van der Waals surface area contributed by atoms with E-state index in [-0.39, 0.29) is 5.54 Å². The van der Waals surface area contributed by atoms with E-state index in [4.69, 9.17) is 0 Å². The SMILES string of the molecule is C/C=C1\CN2CCCC2(CO)C1.CC.CC. The van der Waals surface area contributed by atoms with Crippen LogP contribution in [0.15, 0.2) is 11.6 Å². The van der Waals surface area contributed by atoms with Gasteiger partial charge in [-0.3, -0.25) is 4.90 Å². The van der Waals surface area contributed by atoms with Crippen LogP contribution in [0, 0.1) is 0 Å². The topological polar surface area (TPSA) is 23.5 Å². The molecule has 2 heteroatoms. The van der Waals surface area contributed by atoms with Gasteiger partial charge >= 0.3 is 0 Å². The Kier molecular flexibility index (Phi) is 7.69. The predicted molar refractivity (Wildman–Crippen MR) is 71.7 cm³/mol. The summed E-state index contributed by atoms with van der Waals surface area (Å²) in [7, 11) is 0. The molecule has 0 aliphatic carbocycles. The quantitative estimate of drug-likeness (QED) is 0.695. The lowest BCUT2D eigenvalue weighted by molar-refractivity contribution is 0.1000. The second kappa shape index (κ2) is 7.86. The molecule has 2 nitrogen and oxygen atoms in total. The lowest BCUT2D eigenvalue weighted by atomic mass is 9.93. The molecule has 0 aromatic carbocycles. The Bertz CT molecular complexity index is 213. The van der Waals surface area contributed by atoms with Gasteiger partial charge in [-0.25, -0.2) is 0 Å². The zero-order chi connectivity index (χ0) is 12.6. The molecule has 2 rings (SSSR count). The maximum Gasteiger partial charge on any atom is 0.0618 e. The maximum atomic E-state index is 9.37. The molecule has 1 atom stereocenters. The lowest BCUT2D eigenvalue weighted by Gasteiger charge is -2.28. The number of hydrogen-bond acceptors (Lipinski definition) is 2. The van der Waals surface area contributed by atoms with E-state index in [2.05, 4.69) is 17.9 Å². The van der Waals surface area contributed by atoms with E-state index in [9.17, 15) is 5.11 Å². The average Bonchev–Trinajstić information content (AvgIpc) is 2.90. The maximum absolute atomic E-state index is 9.37. The van der Waals surface area contributed by atoms with Gasteiger partial charge in [-0.15, -0.1) is 0 Å². The Hall–Kier alpha value is -0.340. The van der Waals surface area contributed by atoms with Crippen molar-refractivity contribution in [1.82, 2.24) is 4.90 Å². The van der Waals surface area contributed by atoms with Crippen molar-refractivity contribution in [2.45, 2.75) is 59.4 Å². The first-order chi connectivity index (χ1) is 7.80. The van der Waals surface area contributed by atoms with Gasteiger partial charge < -0.3 is 5.11 Å². The number of nitrogens with zero attached hydrogens (tertiary/aromatic N) is 1.